The van der Waals surface area contributed by atoms with Crippen LogP contribution < -0.4 is 5.32 Å². The Morgan fingerprint density at radius 2 is 1.96 bits per heavy atom. The molecule has 0 fully saturated rings. The number of carboxylic acid groups (broad SMARTS) is 1. The highest BCUT2D eigenvalue weighted by Gasteiger charge is 2.37. The molecule has 7 nitrogen and oxygen atoms in total. The number of aryl methyl sites for hydroxylation is 1. The van der Waals surface area contributed by atoms with Crippen molar-refractivity contribution in [3.63, 3.8) is 0 Å². The zero-order chi connectivity index (χ0) is 17.3. The van der Waals surface area contributed by atoms with Crippen molar-refractivity contribution < 1.29 is 19.4 Å². The lowest BCUT2D eigenvalue weighted by molar-refractivity contribution is -0.144. The molecule has 1 atom stereocenters. The molecular formula is C16H25N3O4. The van der Waals surface area contributed by atoms with E-state index < -0.39 is 23.2 Å². The van der Waals surface area contributed by atoms with Gasteiger partial charge in [-0.25, -0.2) is 14.6 Å². The number of amides is 1. The number of rotatable bonds is 4. The number of nitrogens with zero attached hydrogens (tertiary/aromatic N) is 2. The Labute approximate surface area is 136 Å². The van der Waals surface area contributed by atoms with E-state index in [1.807, 2.05) is 4.57 Å². The van der Waals surface area contributed by atoms with Crippen molar-refractivity contribution in [3.05, 3.63) is 17.7 Å². The van der Waals surface area contributed by atoms with E-state index in [0.717, 1.165) is 37.1 Å². The third-order valence-electron chi connectivity index (χ3n) is 3.85. The summed E-state index contributed by atoms with van der Waals surface area (Å²) in [6.45, 7) is 6.79. The quantitative estimate of drug-likeness (QED) is 0.885. The van der Waals surface area contributed by atoms with Gasteiger partial charge in [0, 0.05) is 5.69 Å². The normalized spacial score (nSPS) is 17.0. The van der Waals surface area contributed by atoms with E-state index in [2.05, 4.69) is 10.3 Å². The van der Waals surface area contributed by atoms with Gasteiger partial charge in [0.1, 0.15) is 5.60 Å². The Balaban J connectivity index is 2.16. The molecule has 1 unspecified atom stereocenters. The van der Waals surface area contributed by atoms with Gasteiger partial charge in [-0.3, -0.25) is 0 Å². The summed E-state index contributed by atoms with van der Waals surface area (Å²) < 4.78 is 7.01. The first-order valence-electron chi connectivity index (χ1n) is 7.88. The van der Waals surface area contributed by atoms with Gasteiger partial charge in [-0.2, -0.15) is 0 Å². The van der Waals surface area contributed by atoms with Crippen LogP contribution in [0.15, 0.2) is 6.33 Å². The molecule has 23 heavy (non-hydrogen) atoms. The molecule has 1 heterocycles. The molecule has 1 aromatic rings. The molecule has 1 aliphatic rings. The van der Waals surface area contributed by atoms with Crippen LogP contribution in [0.25, 0.3) is 0 Å². The lowest BCUT2D eigenvalue weighted by Gasteiger charge is -2.29. The topological polar surface area (TPSA) is 93.5 Å². The van der Waals surface area contributed by atoms with Gasteiger partial charge in [-0.15, -0.1) is 0 Å². The third kappa shape index (κ3) is 4.24. The average Bonchev–Trinajstić information content (AvgIpc) is 2.79. The molecule has 1 aromatic heterocycles. The predicted molar refractivity (Wildman–Crippen MR) is 84.3 cm³/mol. The number of hydrogen-bond donors (Lipinski definition) is 2. The van der Waals surface area contributed by atoms with Crippen molar-refractivity contribution in [2.24, 2.45) is 0 Å². The Hall–Kier alpha value is -2.05. The highest BCUT2D eigenvalue weighted by Crippen LogP contribution is 2.22. The molecule has 7 heteroatoms. The molecule has 0 aliphatic heterocycles. The zero-order valence-corrected chi connectivity index (χ0v) is 14.2. The Morgan fingerprint density at radius 1 is 1.30 bits per heavy atom. The van der Waals surface area contributed by atoms with E-state index in [-0.39, 0.29) is 6.54 Å². The van der Waals surface area contributed by atoms with Gasteiger partial charge in [0.25, 0.3) is 0 Å². The van der Waals surface area contributed by atoms with Crippen molar-refractivity contribution in [2.75, 3.05) is 0 Å². The maximum atomic E-state index is 12.0. The minimum absolute atomic E-state index is 0.115. The minimum atomic E-state index is -1.46. The summed E-state index contributed by atoms with van der Waals surface area (Å²) in [5.74, 6) is -1.11. The van der Waals surface area contributed by atoms with Gasteiger partial charge in [0.2, 0.25) is 0 Å². The number of aliphatic carboxylic acids is 1. The van der Waals surface area contributed by atoms with Crippen molar-refractivity contribution in [1.29, 1.82) is 0 Å². The van der Waals surface area contributed by atoms with E-state index >= 15 is 0 Å². The Bertz CT molecular complexity index is 603. The molecule has 0 aromatic carbocycles. The number of fused-ring (bicyclic) bond motifs is 1. The first kappa shape index (κ1) is 17.3. The summed E-state index contributed by atoms with van der Waals surface area (Å²) in [5.41, 5.74) is -0.0534. The largest absolute Gasteiger partial charge is 0.479 e. The van der Waals surface area contributed by atoms with E-state index in [9.17, 15) is 14.7 Å². The summed E-state index contributed by atoms with van der Waals surface area (Å²) in [6.07, 6.45) is 4.91. The van der Waals surface area contributed by atoms with E-state index in [1.54, 1.807) is 27.1 Å². The number of ether oxygens (including phenoxy) is 1. The van der Waals surface area contributed by atoms with Crippen molar-refractivity contribution in [2.45, 2.75) is 71.1 Å². The van der Waals surface area contributed by atoms with Crippen molar-refractivity contribution in [3.8, 4) is 0 Å². The minimum Gasteiger partial charge on any atom is -0.479 e. The summed E-state index contributed by atoms with van der Waals surface area (Å²) >= 11 is 0. The predicted octanol–water partition coefficient (Wildman–Crippen LogP) is 2.13. The molecule has 0 saturated heterocycles. The van der Waals surface area contributed by atoms with Crippen LogP contribution in [-0.2, 0) is 28.9 Å². The fourth-order valence-corrected chi connectivity index (χ4v) is 2.70. The molecule has 0 radical (unpaired) electrons. The third-order valence-corrected chi connectivity index (χ3v) is 3.85. The van der Waals surface area contributed by atoms with Crippen molar-refractivity contribution >= 4 is 12.1 Å². The highest BCUT2D eigenvalue weighted by molar-refractivity contribution is 5.83. The number of alkyl carbamates (subject to hydrolysis) is 1. The lowest BCUT2D eigenvalue weighted by Crippen LogP contribution is -2.56. The second kappa shape index (κ2) is 6.22. The number of carboxylic acids is 1. The first-order chi connectivity index (χ1) is 10.6. The molecular weight excluding hydrogens is 298 g/mol. The highest BCUT2D eigenvalue weighted by atomic mass is 16.6. The number of hydrogen-bond acceptors (Lipinski definition) is 4. The van der Waals surface area contributed by atoms with Crippen LogP contribution in [-0.4, -0.2) is 37.9 Å². The van der Waals surface area contributed by atoms with E-state index in [1.165, 1.54) is 6.92 Å². The zero-order valence-electron chi connectivity index (χ0n) is 14.2. The van der Waals surface area contributed by atoms with Crippen LogP contribution in [0.1, 0.15) is 51.9 Å². The van der Waals surface area contributed by atoms with Gasteiger partial charge in [-0.05, 0) is 53.4 Å². The van der Waals surface area contributed by atoms with Gasteiger partial charge in [-0.1, -0.05) is 0 Å². The fraction of sp³-hybridized carbons (Fsp3) is 0.688. The Kier molecular flexibility index (Phi) is 4.68. The molecule has 128 valence electrons. The fourth-order valence-electron chi connectivity index (χ4n) is 2.70. The molecule has 0 saturated carbocycles. The smallest absolute Gasteiger partial charge is 0.408 e. The summed E-state index contributed by atoms with van der Waals surface area (Å²) in [5, 5.41) is 12.1. The molecule has 2 rings (SSSR count). The maximum absolute atomic E-state index is 12.0. The first-order valence-corrected chi connectivity index (χ1v) is 7.88. The standard InChI is InChI=1S/C16H25N3O4/c1-15(2,3)23-14(22)18-16(4,13(20)21)9-19-10-17-11-7-5-6-8-12(11)19/h10H,5-9H2,1-4H3,(H,18,22)(H,20,21). The molecule has 2 N–H and O–H groups in total. The van der Waals surface area contributed by atoms with Crippen molar-refractivity contribution in [1.82, 2.24) is 14.9 Å². The summed E-state index contributed by atoms with van der Waals surface area (Å²) in [6, 6.07) is 0. The van der Waals surface area contributed by atoms with Crippen LogP contribution in [0.3, 0.4) is 0 Å². The number of nitrogens with one attached hydrogen (secondary N) is 1. The maximum Gasteiger partial charge on any atom is 0.408 e. The number of imidazole rings is 1. The van der Waals surface area contributed by atoms with Crippen LogP contribution in [0, 0.1) is 0 Å². The monoisotopic (exact) mass is 323 g/mol. The Morgan fingerprint density at radius 3 is 2.57 bits per heavy atom. The molecule has 1 amide bonds. The molecule has 1 aliphatic carbocycles. The number of carbonyl (C=O) groups is 2. The second-order valence-electron chi connectivity index (χ2n) is 7.24. The lowest BCUT2D eigenvalue weighted by atomic mass is 9.99. The summed E-state index contributed by atoms with van der Waals surface area (Å²) in [4.78, 5) is 28.1. The van der Waals surface area contributed by atoms with Gasteiger partial charge < -0.3 is 19.7 Å². The number of aromatic nitrogens is 2. The molecule has 0 spiro atoms. The van der Waals surface area contributed by atoms with Crippen LogP contribution in [0.5, 0.6) is 0 Å². The van der Waals surface area contributed by atoms with Gasteiger partial charge in [0.15, 0.2) is 5.54 Å². The summed E-state index contributed by atoms with van der Waals surface area (Å²) in [7, 11) is 0. The SMILES string of the molecule is CC(C)(C)OC(=O)NC(C)(Cn1cnc2c1CCCC2)C(=O)O. The van der Waals surface area contributed by atoms with Crippen LogP contribution >= 0.6 is 0 Å². The van der Waals surface area contributed by atoms with Gasteiger partial charge >= 0.3 is 12.1 Å². The molecule has 0 bridgehead atoms. The van der Waals surface area contributed by atoms with Crippen LogP contribution in [0.4, 0.5) is 4.79 Å². The van der Waals surface area contributed by atoms with Gasteiger partial charge in [0.05, 0.1) is 18.6 Å². The number of carbonyl (C=O) groups excluding carboxylic acids is 1. The van der Waals surface area contributed by atoms with Crippen LogP contribution in [0.2, 0.25) is 0 Å². The van der Waals surface area contributed by atoms with E-state index in [0.29, 0.717) is 0 Å². The average molecular weight is 323 g/mol. The second-order valence-corrected chi connectivity index (χ2v) is 7.24. The van der Waals surface area contributed by atoms with E-state index in [4.69, 9.17) is 4.74 Å².